The summed E-state index contributed by atoms with van der Waals surface area (Å²) >= 11 is 0. The molecule has 0 amide bonds. The predicted molar refractivity (Wildman–Crippen MR) is 117 cm³/mol. The summed E-state index contributed by atoms with van der Waals surface area (Å²) in [5, 5.41) is 0. The summed E-state index contributed by atoms with van der Waals surface area (Å²) in [6.07, 6.45) is 0. The van der Waals surface area contributed by atoms with Crippen molar-refractivity contribution >= 4 is 25.7 Å². The largest absolute Gasteiger partial charge is 0.495 e. The number of benzene rings is 2. The number of piperazine rings is 1. The topological polar surface area (TPSA) is 105 Å². The van der Waals surface area contributed by atoms with E-state index in [2.05, 4.69) is 4.72 Å². The highest BCUT2D eigenvalue weighted by molar-refractivity contribution is 7.89. The zero-order valence-electron chi connectivity index (χ0n) is 18.1. The SMILES string of the molecule is COCCNS(=O)(=O)c1ccc(OC)c(N2CCN(S(=O)(=O)c3ccc(F)cc3F)CC2)c1. The highest BCUT2D eigenvalue weighted by atomic mass is 32.2. The van der Waals surface area contributed by atoms with Crippen molar-refractivity contribution < 1.29 is 35.1 Å². The second-order valence-corrected chi connectivity index (χ2v) is 10.9. The first-order valence-electron chi connectivity index (χ1n) is 9.97. The Morgan fingerprint density at radius 2 is 1.67 bits per heavy atom. The van der Waals surface area contributed by atoms with Gasteiger partial charge in [0.05, 0.1) is 24.3 Å². The maximum absolute atomic E-state index is 14.1. The molecule has 1 saturated heterocycles. The molecule has 0 radical (unpaired) electrons. The van der Waals surface area contributed by atoms with Crippen molar-refractivity contribution in [2.45, 2.75) is 9.79 Å². The van der Waals surface area contributed by atoms with Crippen molar-refractivity contribution in [1.29, 1.82) is 0 Å². The van der Waals surface area contributed by atoms with Gasteiger partial charge in [0, 0.05) is 45.9 Å². The molecular formula is C20H25F2N3O6S2. The fourth-order valence-corrected chi connectivity index (χ4v) is 5.94. The van der Waals surface area contributed by atoms with Gasteiger partial charge in [-0.3, -0.25) is 0 Å². The number of sulfonamides is 2. The van der Waals surface area contributed by atoms with Crippen LogP contribution in [0.3, 0.4) is 0 Å². The molecule has 0 unspecified atom stereocenters. The van der Waals surface area contributed by atoms with Crippen LogP contribution in [0, 0.1) is 11.6 Å². The normalized spacial score (nSPS) is 15.6. The highest BCUT2D eigenvalue weighted by Gasteiger charge is 2.32. The van der Waals surface area contributed by atoms with E-state index in [0.29, 0.717) is 17.5 Å². The fourth-order valence-electron chi connectivity index (χ4n) is 3.44. The quantitative estimate of drug-likeness (QED) is 0.514. The Bertz CT molecular complexity index is 1200. The summed E-state index contributed by atoms with van der Waals surface area (Å²) in [6, 6.07) is 6.72. The average Bonchev–Trinajstić information content (AvgIpc) is 2.78. The molecule has 0 bridgehead atoms. The number of anilines is 1. The lowest BCUT2D eigenvalue weighted by Crippen LogP contribution is -2.49. The van der Waals surface area contributed by atoms with E-state index in [1.54, 1.807) is 4.90 Å². The summed E-state index contributed by atoms with van der Waals surface area (Å²) in [6.45, 7) is 0.777. The second-order valence-electron chi connectivity index (χ2n) is 7.19. The van der Waals surface area contributed by atoms with E-state index in [-0.39, 0.29) is 44.2 Å². The van der Waals surface area contributed by atoms with Crippen molar-refractivity contribution in [3.63, 3.8) is 0 Å². The highest BCUT2D eigenvalue weighted by Crippen LogP contribution is 2.32. The first kappa shape index (κ1) is 25.3. The molecule has 0 aliphatic carbocycles. The molecule has 0 atom stereocenters. The van der Waals surface area contributed by atoms with E-state index < -0.39 is 36.6 Å². The van der Waals surface area contributed by atoms with E-state index >= 15 is 0 Å². The molecule has 13 heteroatoms. The molecule has 1 heterocycles. The van der Waals surface area contributed by atoms with E-state index in [0.717, 1.165) is 16.4 Å². The van der Waals surface area contributed by atoms with Crippen LogP contribution < -0.4 is 14.4 Å². The zero-order valence-corrected chi connectivity index (χ0v) is 19.8. The molecule has 3 rings (SSSR count). The van der Waals surface area contributed by atoms with Crippen LogP contribution in [0.1, 0.15) is 0 Å². The number of hydrogen-bond acceptors (Lipinski definition) is 7. The van der Waals surface area contributed by atoms with E-state index in [1.165, 1.54) is 32.4 Å². The van der Waals surface area contributed by atoms with Gasteiger partial charge in [-0.05, 0) is 30.3 Å². The Balaban J connectivity index is 1.80. The summed E-state index contributed by atoms with van der Waals surface area (Å²) < 4.78 is 91.8. The average molecular weight is 506 g/mol. The van der Waals surface area contributed by atoms with Gasteiger partial charge in [0.2, 0.25) is 20.0 Å². The monoisotopic (exact) mass is 505 g/mol. The van der Waals surface area contributed by atoms with Crippen LogP contribution in [-0.2, 0) is 24.8 Å². The van der Waals surface area contributed by atoms with Crippen LogP contribution >= 0.6 is 0 Å². The Kier molecular flexibility index (Phi) is 7.90. The first-order valence-corrected chi connectivity index (χ1v) is 12.9. The van der Waals surface area contributed by atoms with Crippen LogP contribution in [0.25, 0.3) is 0 Å². The van der Waals surface area contributed by atoms with Gasteiger partial charge in [-0.1, -0.05) is 0 Å². The molecule has 1 aliphatic rings. The lowest BCUT2D eigenvalue weighted by Gasteiger charge is -2.36. The van der Waals surface area contributed by atoms with Crippen molar-refractivity contribution in [3.05, 3.63) is 48.0 Å². The molecule has 9 nitrogen and oxygen atoms in total. The van der Waals surface area contributed by atoms with E-state index in [9.17, 15) is 25.6 Å². The molecule has 2 aromatic carbocycles. The molecule has 1 fully saturated rings. The Morgan fingerprint density at radius 1 is 0.970 bits per heavy atom. The van der Waals surface area contributed by atoms with Gasteiger partial charge in [-0.25, -0.2) is 30.3 Å². The van der Waals surface area contributed by atoms with Crippen LogP contribution in [0.15, 0.2) is 46.2 Å². The lowest BCUT2D eigenvalue weighted by atomic mass is 10.2. The number of halogens is 2. The molecule has 2 aromatic rings. The number of rotatable bonds is 9. The lowest BCUT2D eigenvalue weighted by molar-refractivity contribution is 0.204. The number of hydrogen-bond donors (Lipinski definition) is 1. The molecule has 1 aliphatic heterocycles. The van der Waals surface area contributed by atoms with Crippen molar-refractivity contribution in [2.24, 2.45) is 0 Å². The fraction of sp³-hybridized carbons (Fsp3) is 0.400. The Hall–Kier alpha value is -2.32. The van der Waals surface area contributed by atoms with E-state index in [1.807, 2.05) is 0 Å². The molecule has 1 N–H and O–H groups in total. The van der Waals surface area contributed by atoms with Gasteiger partial charge in [-0.15, -0.1) is 0 Å². The van der Waals surface area contributed by atoms with Crippen LogP contribution in [-0.4, -0.2) is 74.7 Å². The van der Waals surface area contributed by atoms with Crippen molar-refractivity contribution in [2.75, 3.05) is 58.5 Å². The third-order valence-corrected chi connectivity index (χ3v) is 8.54. The summed E-state index contributed by atoms with van der Waals surface area (Å²) in [7, 11) is -5.04. The van der Waals surface area contributed by atoms with Gasteiger partial charge in [0.1, 0.15) is 22.3 Å². The predicted octanol–water partition coefficient (Wildman–Crippen LogP) is 1.41. The van der Waals surface area contributed by atoms with Gasteiger partial charge in [0.15, 0.2) is 0 Å². The molecule has 33 heavy (non-hydrogen) atoms. The van der Waals surface area contributed by atoms with Gasteiger partial charge in [-0.2, -0.15) is 4.31 Å². The Morgan fingerprint density at radius 3 is 2.27 bits per heavy atom. The number of nitrogens with zero attached hydrogens (tertiary/aromatic N) is 2. The molecule has 0 aromatic heterocycles. The second kappa shape index (κ2) is 10.3. The summed E-state index contributed by atoms with van der Waals surface area (Å²) in [5.74, 6) is -1.60. The van der Waals surface area contributed by atoms with Crippen molar-refractivity contribution in [1.82, 2.24) is 9.03 Å². The van der Waals surface area contributed by atoms with Crippen LogP contribution in [0.2, 0.25) is 0 Å². The minimum atomic E-state index is -4.16. The molecule has 182 valence electrons. The number of nitrogens with one attached hydrogen (secondary N) is 1. The van der Waals surface area contributed by atoms with Crippen LogP contribution in [0.5, 0.6) is 5.75 Å². The smallest absolute Gasteiger partial charge is 0.246 e. The minimum absolute atomic E-state index is 0.0192. The number of methoxy groups -OCH3 is 2. The summed E-state index contributed by atoms with van der Waals surface area (Å²) in [4.78, 5) is 1.23. The van der Waals surface area contributed by atoms with Gasteiger partial charge < -0.3 is 14.4 Å². The number of ether oxygens (including phenoxy) is 2. The van der Waals surface area contributed by atoms with Gasteiger partial charge in [0.25, 0.3) is 0 Å². The minimum Gasteiger partial charge on any atom is -0.495 e. The maximum atomic E-state index is 14.1. The van der Waals surface area contributed by atoms with Gasteiger partial charge >= 0.3 is 0 Å². The maximum Gasteiger partial charge on any atom is 0.246 e. The summed E-state index contributed by atoms with van der Waals surface area (Å²) in [5.41, 5.74) is 0.483. The third kappa shape index (κ3) is 5.61. The molecule has 0 saturated carbocycles. The van der Waals surface area contributed by atoms with Crippen LogP contribution in [0.4, 0.5) is 14.5 Å². The molecule has 0 spiro atoms. The zero-order chi connectivity index (χ0) is 24.2. The Labute approximate surface area is 192 Å². The van der Waals surface area contributed by atoms with E-state index in [4.69, 9.17) is 9.47 Å². The first-order chi connectivity index (χ1) is 15.6. The van der Waals surface area contributed by atoms with Crippen molar-refractivity contribution in [3.8, 4) is 5.75 Å². The third-order valence-electron chi connectivity index (χ3n) is 5.15. The molecular weight excluding hydrogens is 480 g/mol. The standard InChI is InChI=1S/C20H25F2N3O6S2/c1-30-12-7-23-32(26,27)16-4-5-19(31-2)18(14-16)24-8-10-25(11-9-24)33(28,29)20-6-3-15(21)13-17(20)22/h3-6,13-14,23H,7-12H2,1-2H3.